The monoisotopic (exact) mass is 269 g/mol. The minimum atomic E-state index is 0.152. The molecular formula is C8H16INO. The highest BCUT2D eigenvalue weighted by Gasteiger charge is 2.16. The van der Waals surface area contributed by atoms with E-state index in [4.69, 9.17) is 0 Å². The van der Waals surface area contributed by atoms with Gasteiger partial charge < -0.3 is 3.17 Å². The van der Waals surface area contributed by atoms with Gasteiger partial charge in [0.25, 0.3) is 0 Å². The van der Waals surface area contributed by atoms with Crippen molar-refractivity contribution in [3.05, 3.63) is 0 Å². The number of hydrogen-bond donors (Lipinski definition) is 0. The van der Waals surface area contributed by atoms with Gasteiger partial charge in [-0.05, 0) is 12.3 Å². The lowest BCUT2D eigenvalue weighted by Gasteiger charge is -2.20. The molecule has 0 atom stereocenters. The van der Waals surface area contributed by atoms with Crippen molar-refractivity contribution < 1.29 is 3.17 Å². The van der Waals surface area contributed by atoms with E-state index in [1.165, 1.54) is 0 Å². The van der Waals surface area contributed by atoms with Gasteiger partial charge >= 0.3 is 0 Å². The van der Waals surface area contributed by atoms with E-state index in [1.54, 1.807) is 23.0 Å². The van der Waals surface area contributed by atoms with Crippen molar-refractivity contribution in [3.8, 4) is 0 Å². The fourth-order valence-corrected chi connectivity index (χ4v) is 1.38. The van der Waals surface area contributed by atoms with Crippen LogP contribution >= 0.6 is 23.0 Å². The summed E-state index contributed by atoms with van der Waals surface area (Å²) in [5, 5.41) is 3.76. The van der Waals surface area contributed by atoms with Crippen molar-refractivity contribution in [1.82, 2.24) is 0 Å². The van der Waals surface area contributed by atoms with Crippen LogP contribution in [-0.2, 0) is 3.17 Å². The van der Waals surface area contributed by atoms with Crippen molar-refractivity contribution in [2.45, 2.75) is 34.1 Å². The quantitative estimate of drug-likeness (QED) is 0.435. The van der Waals surface area contributed by atoms with E-state index in [9.17, 15) is 0 Å². The van der Waals surface area contributed by atoms with Crippen LogP contribution in [0.2, 0.25) is 0 Å². The summed E-state index contributed by atoms with van der Waals surface area (Å²) in [4.78, 5) is 0. The van der Waals surface area contributed by atoms with E-state index in [-0.39, 0.29) is 5.41 Å². The first-order chi connectivity index (χ1) is 4.98. The number of nitrogens with zero attached hydrogens (tertiary/aromatic N) is 1. The van der Waals surface area contributed by atoms with Crippen molar-refractivity contribution in [3.63, 3.8) is 0 Å². The van der Waals surface area contributed by atoms with Gasteiger partial charge in [-0.1, -0.05) is 32.9 Å². The van der Waals surface area contributed by atoms with Crippen molar-refractivity contribution in [2.75, 3.05) is 0 Å². The molecule has 0 aromatic rings. The highest BCUT2D eigenvalue weighted by molar-refractivity contribution is 14.1. The Bertz CT molecular complexity index is 132. The summed E-state index contributed by atoms with van der Waals surface area (Å²) in [6.07, 6.45) is 3.00. The van der Waals surface area contributed by atoms with Gasteiger partial charge in [0.1, 0.15) is 0 Å². The van der Waals surface area contributed by atoms with E-state index >= 15 is 0 Å². The molecule has 11 heavy (non-hydrogen) atoms. The summed E-state index contributed by atoms with van der Waals surface area (Å²) in [6.45, 7) is 8.74. The summed E-state index contributed by atoms with van der Waals surface area (Å²) in [6, 6.07) is 0. The molecule has 0 rings (SSSR count). The van der Waals surface area contributed by atoms with Crippen LogP contribution < -0.4 is 0 Å². The van der Waals surface area contributed by atoms with Gasteiger partial charge in [-0.3, -0.25) is 0 Å². The fourth-order valence-electron chi connectivity index (χ4n) is 1.27. The van der Waals surface area contributed by atoms with Crippen molar-refractivity contribution >= 4 is 29.2 Å². The Morgan fingerprint density at radius 2 is 2.09 bits per heavy atom. The molecule has 0 aliphatic carbocycles. The maximum Gasteiger partial charge on any atom is 0.230 e. The van der Waals surface area contributed by atoms with Crippen molar-refractivity contribution in [1.29, 1.82) is 0 Å². The third-order valence-corrected chi connectivity index (χ3v) is 1.60. The van der Waals surface area contributed by atoms with E-state index in [0.717, 1.165) is 6.42 Å². The summed E-state index contributed by atoms with van der Waals surface area (Å²) >= 11 is 1.76. The summed E-state index contributed by atoms with van der Waals surface area (Å²) in [5.41, 5.74) is 0.152. The van der Waals surface area contributed by atoms with Crippen LogP contribution in [0.5, 0.6) is 0 Å². The molecular weight excluding hydrogens is 253 g/mol. The van der Waals surface area contributed by atoms with Crippen LogP contribution in [0.15, 0.2) is 5.16 Å². The van der Waals surface area contributed by atoms with Crippen LogP contribution in [0, 0.1) is 11.3 Å². The SMILES string of the molecule is CC(C)CC(C)(C)/C=N/OI. The zero-order chi connectivity index (χ0) is 8.91. The first-order valence-electron chi connectivity index (χ1n) is 3.80. The Morgan fingerprint density at radius 3 is 2.45 bits per heavy atom. The second kappa shape index (κ2) is 4.95. The van der Waals surface area contributed by atoms with Crippen LogP contribution in [0.4, 0.5) is 0 Å². The Morgan fingerprint density at radius 1 is 1.55 bits per heavy atom. The van der Waals surface area contributed by atoms with Gasteiger partial charge in [0, 0.05) is 5.41 Å². The Hall–Kier alpha value is 0.200. The molecule has 0 fully saturated rings. The van der Waals surface area contributed by atoms with Crippen LogP contribution in [0.25, 0.3) is 0 Å². The Labute approximate surface area is 83.1 Å². The summed E-state index contributed by atoms with van der Waals surface area (Å²) in [5.74, 6) is 0.700. The topological polar surface area (TPSA) is 21.6 Å². The van der Waals surface area contributed by atoms with E-state index in [2.05, 4.69) is 36.0 Å². The van der Waals surface area contributed by atoms with Gasteiger partial charge in [-0.15, -0.1) is 0 Å². The number of rotatable bonds is 4. The zero-order valence-corrected chi connectivity index (χ0v) is 9.75. The maximum atomic E-state index is 4.60. The molecule has 0 heterocycles. The molecule has 0 saturated carbocycles. The van der Waals surface area contributed by atoms with Crippen LogP contribution in [0.1, 0.15) is 34.1 Å². The highest BCUT2D eigenvalue weighted by atomic mass is 127. The molecule has 0 saturated heterocycles. The molecule has 0 amide bonds. The van der Waals surface area contributed by atoms with E-state index in [1.807, 2.05) is 6.21 Å². The zero-order valence-electron chi connectivity index (χ0n) is 7.60. The first kappa shape index (κ1) is 11.2. The molecule has 0 radical (unpaired) electrons. The number of oxime groups is 1. The molecule has 0 N–H and O–H groups in total. The van der Waals surface area contributed by atoms with Gasteiger partial charge in [-0.2, -0.15) is 0 Å². The van der Waals surface area contributed by atoms with Crippen LogP contribution in [-0.4, -0.2) is 6.21 Å². The second-order valence-corrected chi connectivity index (χ2v) is 4.28. The normalized spacial score (nSPS) is 12.9. The van der Waals surface area contributed by atoms with E-state index in [0.29, 0.717) is 5.92 Å². The van der Waals surface area contributed by atoms with E-state index < -0.39 is 0 Å². The summed E-state index contributed by atoms with van der Waals surface area (Å²) < 4.78 is 4.60. The molecule has 3 heteroatoms. The molecule has 0 bridgehead atoms. The average Bonchev–Trinajstić information content (AvgIpc) is 1.81. The van der Waals surface area contributed by atoms with Gasteiger partial charge in [-0.25, -0.2) is 0 Å². The highest BCUT2D eigenvalue weighted by Crippen LogP contribution is 2.22. The molecule has 0 aliphatic rings. The van der Waals surface area contributed by atoms with Crippen molar-refractivity contribution in [2.24, 2.45) is 16.5 Å². The molecule has 66 valence electrons. The lowest BCUT2D eigenvalue weighted by molar-refractivity contribution is 0.385. The molecule has 2 nitrogen and oxygen atoms in total. The van der Waals surface area contributed by atoms with Gasteiger partial charge in [0.2, 0.25) is 23.0 Å². The lowest BCUT2D eigenvalue weighted by atomic mass is 9.85. The molecule has 0 aromatic carbocycles. The number of halogens is 1. The molecule has 0 aromatic heterocycles. The largest absolute Gasteiger partial charge is 0.327 e. The standard InChI is InChI=1S/C8H16INO/c1-7(2)5-8(3,4)6-10-11-9/h6-7H,5H2,1-4H3/b10-6+. The predicted molar refractivity (Wildman–Crippen MR) is 56.8 cm³/mol. The Kier molecular flexibility index (Phi) is 5.04. The minimum absolute atomic E-state index is 0.152. The first-order valence-corrected chi connectivity index (χ1v) is 4.68. The molecule has 0 unspecified atom stereocenters. The third kappa shape index (κ3) is 6.59. The average molecular weight is 269 g/mol. The van der Waals surface area contributed by atoms with Gasteiger partial charge in [0.05, 0.1) is 6.21 Å². The number of hydrogen-bond acceptors (Lipinski definition) is 2. The smallest absolute Gasteiger partial charge is 0.230 e. The molecule has 0 spiro atoms. The molecule has 0 aliphatic heterocycles. The van der Waals surface area contributed by atoms with Crippen LogP contribution in [0.3, 0.4) is 0 Å². The summed E-state index contributed by atoms with van der Waals surface area (Å²) in [7, 11) is 0. The fraction of sp³-hybridized carbons (Fsp3) is 0.875. The predicted octanol–water partition coefficient (Wildman–Crippen LogP) is 3.41. The maximum absolute atomic E-state index is 4.60. The Balaban J connectivity index is 3.89. The third-order valence-electron chi connectivity index (χ3n) is 1.38. The van der Waals surface area contributed by atoms with Gasteiger partial charge in [0.15, 0.2) is 0 Å². The second-order valence-electron chi connectivity index (χ2n) is 3.89. The lowest BCUT2D eigenvalue weighted by Crippen LogP contribution is -2.15. The minimum Gasteiger partial charge on any atom is -0.327 e.